The molecule has 1 fully saturated rings. The molecule has 1 saturated heterocycles. The van der Waals surface area contributed by atoms with Gasteiger partial charge in [0.05, 0.1) is 13.2 Å². The summed E-state index contributed by atoms with van der Waals surface area (Å²) in [6.45, 7) is 3.25. The summed E-state index contributed by atoms with van der Waals surface area (Å²) in [6, 6.07) is 7.31. The van der Waals surface area contributed by atoms with E-state index in [0.717, 1.165) is 12.2 Å². The average molecular weight is 266 g/mol. The van der Waals surface area contributed by atoms with E-state index in [0.29, 0.717) is 12.4 Å². The third kappa shape index (κ3) is 4.54. The largest absolute Gasteiger partial charge is 0.491 e. The Morgan fingerprint density at radius 3 is 3.05 bits per heavy atom. The van der Waals surface area contributed by atoms with E-state index in [2.05, 4.69) is 0 Å². The minimum atomic E-state index is -1.14. The Morgan fingerprint density at radius 2 is 2.37 bits per heavy atom. The lowest BCUT2D eigenvalue weighted by Crippen LogP contribution is -2.25. The van der Waals surface area contributed by atoms with Crippen molar-refractivity contribution in [3.05, 3.63) is 29.8 Å². The van der Waals surface area contributed by atoms with Gasteiger partial charge in [0, 0.05) is 6.42 Å². The third-order valence-electron chi connectivity index (χ3n) is 2.72. The smallest absolute Gasteiger partial charge is 0.335 e. The second-order valence-electron chi connectivity index (χ2n) is 4.39. The molecule has 1 aromatic carbocycles. The number of rotatable bonds is 7. The summed E-state index contributed by atoms with van der Waals surface area (Å²) in [7, 11) is 0. The lowest BCUT2D eigenvalue weighted by Gasteiger charge is -2.11. The van der Waals surface area contributed by atoms with E-state index in [1.807, 2.05) is 24.3 Å². The topological polar surface area (TPSA) is 68.3 Å². The van der Waals surface area contributed by atoms with Crippen LogP contribution in [0.4, 0.5) is 0 Å². The number of ether oxygens (including phenoxy) is 3. The molecule has 19 heavy (non-hydrogen) atoms. The fraction of sp³-hybridized carbons (Fsp3) is 0.500. The molecule has 2 atom stereocenters. The molecule has 0 unspecified atom stereocenters. The summed E-state index contributed by atoms with van der Waals surface area (Å²) in [5.41, 5.74) is 0.828. The molecule has 0 bridgehead atoms. The number of carbonyl (C=O) groups is 1. The van der Waals surface area contributed by atoms with E-state index in [1.54, 1.807) is 6.92 Å². The maximum Gasteiger partial charge on any atom is 0.335 e. The summed E-state index contributed by atoms with van der Waals surface area (Å²) in [6.07, 6.45) is -0.716. The molecule has 5 nitrogen and oxygen atoms in total. The van der Waals surface area contributed by atoms with Crippen molar-refractivity contribution in [2.75, 3.05) is 19.8 Å². The first-order chi connectivity index (χ1) is 9.19. The Labute approximate surface area is 112 Å². The Kier molecular flexibility index (Phi) is 4.76. The number of benzene rings is 1. The highest BCUT2D eigenvalue weighted by molar-refractivity contribution is 5.74. The van der Waals surface area contributed by atoms with Crippen LogP contribution in [0.2, 0.25) is 0 Å². The fourth-order valence-electron chi connectivity index (χ4n) is 1.66. The van der Waals surface area contributed by atoms with Crippen molar-refractivity contribution in [1.82, 2.24) is 0 Å². The predicted molar refractivity (Wildman–Crippen MR) is 68.0 cm³/mol. The molecule has 1 N–H and O–H groups in total. The van der Waals surface area contributed by atoms with Crippen molar-refractivity contribution in [2.24, 2.45) is 0 Å². The van der Waals surface area contributed by atoms with E-state index >= 15 is 0 Å². The fourth-order valence-corrected chi connectivity index (χ4v) is 1.66. The maximum absolute atomic E-state index is 11.3. The molecule has 0 spiro atoms. The molecular formula is C14H18O5. The van der Waals surface area contributed by atoms with Crippen LogP contribution in [0.25, 0.3) is 0 Å². The molecular weight excluding hydrogens is 248 g/mol. The maximum atomic E-state index is 11.3. The van der Waals surface area contributed by atoms with E-state index in [4.69, 9.17) is 14.2 Å². The van der Waals surface area contributed by atoms with Gasteiger partial charge in [0.2, 0.25) is 0 Å². The van der Waals surface area contributed by atoms with Crippen molar-refractivity contribution in [1.29, 1.82) is 0 Å². The first kappa shape index (κ1) is 13.8. The van der Waals surface area contributed by atoms with Gasteiger partial charge in [0.1, 0.15) is 18.5 Å². The molecule has 0 amide bonds. The van der Waals surface area contributed by atoms with Gasteiger partial charge in [-0.3, -0.25) is 0 Å². The Morgan fingerprint density at radius 1 is 1.58 bits per heavy atom. The molecule has 1 heterocycles. The molecule has 104 valence electrons. The van der Waals surface area contributed by atoms with Gasteiger partial charge >= 0.3 is 5.97 Å². The van der Waals surface area contributed by atoms with Crippen LogP contribution in [-0.4, -0.2) is 43.1 Å². The number of aliphatic hydroxyl groups is 1. The van der Waals surface area contributed by atoms with Gasteiger partial charge < -0.3 is 19.3 Å². The average Bonchev–Trinajstić information content (AvgIpc) is 3.21. The second kappa shape index (κ2) is 6.54. The highest BCUT2D eigenvalue weighted by atomic mass is 16.6. The lowest BCUT2D eigenvalue weighted by molar-refractivity contribution is -0.152. The SMILES string of the molecule is CCOC(=O)[C@@H](O)Cc1cccc(OC[C@@H]2CO2)c1. The minimum absolute atomic E-state index is 0.203. The molecule has 0 aromatic heterocycles. The molecule has 2 rings (SSSR count). The highest BCUT2D eigenvalue weighted by Gasteiger charge is 2.23. The van der Waals surface area contributed by atoms with Crippen LogP contribution < -0.4 is 4.74 Å². The van der Waals surface area contributed by atoms with E-state index < -0.39 is 12.1 Å². The Balaban J connectivity index is 1.88. The molecule has 0 saturated carbocycles. The van der Waals surface area contributed by atoms with Crippen molar-refractivity contribution >= 4 is 5.97 Å². The van der Waals surface area contributed by atoms with Gasteiger partial charge in [-0.1, -0.05) is 12.1 Å². The minimum Gasteiger partial charge on any atom is -0.491 e. The second-order valence-corrected chi connectivity index (χ2v) is 4.39. The number of aliphatic hydroxyl groups excluding tert-OH is 1. The number of carbonyl (C=O) groups excluding carboxylic acids is 1. The molecule has 1 aliphatic heterocycles. The Bertz CT molecular complexity index is 428. The predicted octanol–water partition coefficient (Wildman–Crippen LogP) is 0.931. The van der Waals surface area contributed by atoms with Crippen LogP contribution >= 0.6 is 0 Å². The Hall–Kier alpha value is -1.59. The van der Waals surface area contributed by atoms with Crippen LogP contribution in [0.1, 0.15) is 12.5 Å². The van der Waals surface area contributed by atoms with Crippen molar-refractivity contribution < 1.29 is 24.1 Å². The van der Waals surface area contributed by atoms with Crippen LogP contribution in [0.3, 0.4) is 0 Å². The van der Waals surface area contributed by atoms with Gasteiger partial charge in [-0.25, -0.2) is 4.79 Å². The summed E-state index contributed by atoms with van der Waals surface area (Å²) >= 11 is 0. The number of hydrogen-bond acceptors (Lipinski definition) is 5. The molecule has 0 radical (unpaired) electrons. The van der Waals surface area contributed by atoms with Crippen molar-refractivity contribution in [2.45, 2.75) is 25.6 Å². The van der Waals surface area contributed by atoms with Crippen molar-refractivity contribution in [3.63, 3.8) is 0 Å². The highest BCUT2D eigenvalue weighted by Crippen LogP contribution is 2.17. The van der Waals surface area contributed by atoms with Crippen LogP contribution in [0.15, 0.2) is 24.3 Å². The monoisotopic (exact) mass is 266 g/mol. The third-order valence-corrected chi connectivity index (χ3v) is 2.72. The standard InChI is InChI=1S/C14H18O5/c1-2-17-14(16)13(15)7-10-4-3-5-11(6-10)18-8-12-9-19-12/h3-6,12-13,15H,2,7-9H2,1H3/t12-,13+/m1/s1. The quantitative estimate of drug-likeness (QED) is 0.587. The van der Waals surface area contributed by atoms with Crippen LogP contribution in [-0.2, 0) is 20.7 Å². The van der Waals surface area contributed by atoms with E-state index in [9.17, 15) is 9.90 Å². The van der Waals surface area contributed by atoms with Gasteiger partial charge in [-0.2, -0.15) is 0 Å². The zero-order valence-electron chi connectivity index (χ0n) is 10.9. The normalized spacial score (nSPS) is 18.7. The van der Waals surface area contributed by atoms with Gasteiger partial charge in [-0.05, 0) is 24.6 Å². The number of hydrogen-bond donors (Lipinski definition) is 1. The van der Waals surface area contributed by atoms with Gasteiger partial charge in [-0.15, -0.1) is 0 Å². The number of epoxide rings is 1. The summed E-state index contributed by atoms with van der Waals surface area (Å²) < 4.78 is 15.4. The molecule has 1 aliphatic rings. The number of esters is 1. The zero-order valence-corrected chi connectivity index (χ0v) is 10.9. The summed E-state index contributed by atoms with van der Waals surface area (Å²) in [5.74, 6) is 0.115. The first-order valence-corrected chi connectivity index (χ1v) is 6.37. The first-order valence-electron chi connectivity index (χ1n) is 6.37. The molecule has 0 aliphatic carbocycles. The van der Waals surface area contributed by atoms with E-state index in [-0.39, 0.29) is 19.1 Å². The molecule has 1 aromatic rings. The van der Waals surface area contributed by atoms with Crippen molar-refractivity contribution in [3.8, 4) is 5.75 Å². The van der Waals surface area contributed by atoms with E-state index in [1.165, 1.54) is 0 Å². The van der Waals surface area contributed by atoms with Gasteiger partial charge in [0.15, 0.2) is 6.10 Å². The summed E-state index contributed by atoms with van der Waals surface area (Å²) in [4.78, 5) is 11.3. The van der Waals surface area contributed by atoms with Crippen LogP contribution in [0.5, 0.6) is 5.75 Å². The molecule has 5 heteroatoms. The summed E-state index contributed by atoms with van der Waals surface area (Å²) in [5, 5.41) is 9.69. The zero-order chi connectivity index (χ0) is 13.7. The van der Waals surface area contributed by atoms with Gasteiger partial charge in [0.25, 0.3) is 0 Å². The van der Waals surface area contributed by atoms with Crippen LogP contribution in [0, 0.1) is 0 Å². The lowest BCUT2D eigenvalue weighted by atomic mass is 10.1.